The summed E-state index contributed by atoms with van der Waals surface area (Å²) in [5, 5.41) is 12.8. The van der Waals surface area contributed by atoms with Gasteiger partial charge in [-0.15, -0.1) is 10.2 Å². The number of fused-ring (bicyclic) bond motifs is 1. The van der Waals surface area contributed by atoms with Gasteiger partial charge in [-0.1, -0.05) is 11.6 Å². The predicted octanol–water partition coefficient (Wildman–Crippen LogP) is 1.49. The molecule has 3 aromatic heterocycles. The third kappa shape index (κ3) is 1.57. The molecule has 0 aliphatic rings. The fourth-order valence-electron chi connectivity index (χ4n) is 1.78. The highest BCUT2D eigenvalue weighted by atomic mass is 35.5. The van der Waals surface area contributed by atoms with E-state index < -0.39 is 0 Å². The van der Waals surface area contributed by atoms with Gasteiger partial charge in [-0.3, -0.25) is 9.08 Å². The van der Waals surface area contributed by atoms with Crippen LogP contribution in [0.2, 0.25) is 5.15 Å². The average molecular weight is 249 g/mol. The van der Waals surface area contributed by atoms with E-state index in [1.54, 1.807) is 16.9 Å². The monoisotopic (exact) mass is 248 g/mol. The topological polar surface area (TPSA) is 60.9 Å². The Balaban J connectivity index is 2.31. The van der Waals surface area contributed by atoms with Crippen LogP contribution in [-0.4, -0.2) is 29.4 Å². The van der Waals surface area contributed by atoms with E-state index in [4.69, 9.17) is 11.6 Å². The molecule has 0 N–H and O–H groups in total. The molecule has 17 heavy (non-hydrogen) atoms. The van der Waals surface area contributed by atoms with Gasteiger partial charge in [0, 0.05) is 19.3 Å². The Hall–Kier alpha value is -1.95. The van der Waals surface area contributed by atoms with Gasteiger partial charge in [0.2, 0.25) is 0 Å². The van der Waals surface area contributed by atoms with Crippen molar-refractivity contribution in [3.05, 3.63) is 29.4 Å². The molecular weight excluding hydrogens is 240 g/mol. The second-order valence-corrected chi connectivity index (χ2v) is 4.13. The van der Waals surface area contributed by atoms with Gasteiger partial charge in [0.1, 0.15) is 11.0 Å². The minimum absolute atomic E-state index is 0.417. The van der Waals surface area contributed by atoms with Crippen LogP contribution in [-0.2, 0) is 7.05 Å². The lowest BCUT2D eigenvalue weighted by Crippen LogP contribution is -1.97. The first-order chi connectivity index (χ1) is 8.15. The molecule has 0 aliphatic heterocycles. The van der Waals surface area contributed by atoms with Gasteiger partial charge in [-0.25, -0.2) is 4.98 Å². The smallest absolute Gasteiger partial charge is 0.172 e. The van der Waals surface area contributed by atoms with Crippen molar-refractivity contribution in [2.24, 2.45) is 7.05 Å². The van der Waals surface area contributed by atoms with E-state index in [-0.39, 0.29) is 0 Å². The molecule has 86 valence electrons. The molecule has 7 heteroatoms. The Morgan fingerprint density at radius 2 is 2.12 bits per heavy atom. The number of aryl methyl sites for hydroxylation is 2. The largest absolute Gasteiger partial charge is 0.275 e. The second kappa shape index (κ2) is 3.53. The molecule has 0 unspecified atom stereocenters. The van der Waals surface area contributed by atoms with E-state index >= 15 is 0 Å². The van der Waals surface area contributed by atoms with Crippen LogP contribution >= 0.6 is 11.6 Å². The van der Waals surface area contributed by atoms with Crippen LogP contribution in [0.15, 0.2) is 18.5 Å². The fraction of sp³-hybridized carbons (Fsp3) is 0.200. The Morgan fingerprint density at radius 1 is 1.29 bits per heavy atom. The normalized spacial score (nSPS) is 11.2. The van der Waals surface area contributed by atoms with Gasteiger partial charge in [0.25, 0.3) is 0 Å². The zero-order chi connectivity index (χ0) is 12.0. The maximum absolute atomic E-state index is 5.87. The van der Waals surface area contributed by atoms with Gasteiger partial charge in [-0.05, 0) is 6.92 Å². The molecule has 0 atom stereocenters. The summed E-state index contributed by atoms with van der Waals surface area (Å²) in [4.78, 5) is 4.19. The molecular formula is C10H9ClN6. The van der Waals surface area contributed by atoms with Gasteiger partial charge in [0.05, 0.1) is 11.8 Å². The molecule has 0 saturated carbocycles. The van der Waals surface area contributed by atoms with Gasteiger partial charge in [0.15, 0.2) is 11.5 Å². The van der Waals surface area contributed by atoms with E-state index in [0.717, 1.165) is 17.2 Å². The summed E-state index contributed by atoms with van der Waals surface area (Å²) in [5.41, 5.74) is 1.58. The molecule has 3 heterocycles. The first-order valence-corrected chi connectivity index (χ1v) is 5.40. The second-order valence-electron chi connectivity index (χ2n) is 3.75. The Labute approximate surface area is 102 Å². The van der Waals surface area contributed by atoms with E-state index in [2.05, 4.69) is 20.3 Å². The number of halogens is 1. The quantitative estimate of drug-likeness (QED) is 0.612. The molecule has 3 rings (SSSR count). The SMILES string of the molecule is Cc1nc(Cl)cc2nnc(-c3cnn(C)c3)n12. The summed E-state index contributed by atoms with van der Waals surface area (Å²) in [6, 6.07) is 1.68. The Kier molecular flexibility index (Phi) is 2.12. The maximum atomic E-state index is 5.87. The fourth-order valence-corrected chi connectivity index (χ4v) is 2.00. The highest BCUT2D eigenvalue weighted by Gasteiger charge is 2.12. The van der Waals surface area contributed by atoms with Crippen LogP contribution in [0, 0.1) is 6.92 Å². The number of nitrogens with zero attached hydrogens (tertiary/aromatic N) is 6. The van der Waals surface area contributed by atoms with Crippen molar-refractivity contribution in [1.29, 1.82) is 0 Å². The third-order valence-corrected chi connectivity index (χ3v) is 2.69. The average Bonchev–Trinajstić information content (AvgIpc) is 2.83. The molecule has 0 aliphatic carbocycles. The predicted molar refractivity (Wildman–Crippen MR) is 62.7 cm³/mol. The summed E-state index contributed by atoms with van der Waals surface area (Å²) >= 11 is 5.87. The van der Waals surface area contributed by atoms with Crippen LogP contribution in [0.1, 0.15) is 5.82 Å². The van der Waals surface area contributed by atoms with Crippen molar-refractivity contribution in [1.82, 2.24) is 29.4 Å². The van der Waals surface area contributed by atoms with Crippen LogP contribution in [0.5, 0.6) is 0 Å². The summed E-state index contributed by atoms with van der Waals surface area (Å²) < 4.78 is 3.57. The van der Waals surface area contributed by atoms with Crippen molar-refractivity contribution in [2.45, 2.75) is 6.92 Å². The van der Waals surface area contributed by atoms with E-state index in [9.17, 15) is 0 Å². The zero-order valence-corrected chi connectivity index (χ0v) is 10.0. The van der Waals surface area contributed by atoms with Crippen molar-refractivity contribution in [3.63, 3.8) is 0 Å². The molecule has 0 aromatic carbocycles. The first kappa shape index (κ1) is 10.2. The summed E-state index contributed by atoms with van der Waals surface area (Å²) in [6.07, 6.45) is 3.62. The lowest BCUT2D eigenvalue weighted by atomic mass is 10.3. The van der Waals surface area contributed by atoms with Crippen LogP contribution in [0.4, 0.5) is 0 Å². The Morgan fingerprint density at radius 3 is 2.82 bits per heavy atom. The van der Waals surface area contributed by atoms with E-state index in [1.807, 2.05) is 24.6 Å². The van der Waals surface area contributed by atoms with Crippen LogP contribution < -0.4 is 0 Å². The highest BCUT2D eigenvalue weighted by Crippen LogP contribution is 2.20. The maximum Gasteiger partial charge on any atom is 0.172 e. The summed E-state index contributed by atoms with van der Waals surface area (Å²) in [5.74, 6) is 1.46. The summed E-state index contributed by atoms with van der Waals surface area (Å²) in [6.45, 7) is 1.86. The van der Waals surface area contributed by atoms with Gasteiger partial charge < -0.3 is 0 Å². The zero-order valence-electron chi connectivity index (χ0n) is 9.29. The van der Waals surface area contributed by atoms with Crippen molar-refractivity contribution in [3.8, 4) is 11.4 Å². The molecule has 3 aromatic rings. The molecule has 0 spiro atoms. The minimum atomic E-state index is 0.417. The molecule has 0 saturated heterocycles. The number of rotatable bonds is 1. The van der Waals surface area contributed by atoms with E-state index in [0.29, 0.717) is 10.8 Å². The van der Waals surface area contributed by atoms with E-state index in [1.165, 1.54) is 0 Å². The van der Waals surface area contributed by atoms with Crippen molar-refractivity contribution >= 4 is 17.2 Å². The van der Waals surface area contributed by atoms with Crippen molar-refractivity contribution in [2.75, 3.05) is 0 Å². The molecule has 0 amide bonds. The van der Waals surface area contributed by atoms with Crippen LogP contribution in [0.25, 0.3) is 17.0 Å². The molecule has 6 nitrogen and oxygen atoms in total. The first-order valence-electron chi connectivity index (χ1n) is 5.02. The number of hydrogen-bond acceptors (Lipinski definition) is 4. The lowest BCUT2D eigenvalue weighted by molar-refractivity contribution is 0.768. The highest BCUT2D eigenvalue weighted by molar-refractivity contribution is 6.29. The molecule has 0 fully saturated rings. The van der Waals surface area contributed by atoms with Gasteiger partial charge >= 0.3 is 0 Å². The standard InChI is InChI=1S/C10H9ClN6/c1-6-13-8(11)3-9-14-15-10(17(6)9)7-4-12-16(2)5-7/h3-5H,1-2H3. The number of hydrogen-bond donors (Lipinski definition) is 0. The van der Waals surface area contributed by atoms with Crippen molar-refractivity contribution < 1.29 is 0 Å². The lowest BCUT2D eigenvalue weighted by Gasteiger charge is -2.01. The molecule has 0 radical (unpaired) electrons. The number of aromatic nitrogens is 6. The van der Waals surface area contributed by atoms with Crippen LogP contribution in [0.3, 0.4) is 0 Å². The Bertz CT molecular complexity index is 698. The summed E-state index contributed by atoms with van der Waals surface area (Å²) in [7, 11) is 1.86. The molecule has 0 bridgehead atoms. The van der Waals surface area contributed by atoms with Gasteiger partial charge in [-0.2, -0.15) is 5.10 Å². The minimum Gasteiger partial charge on any atom is -0.275 e. The third-order valence-electron chi connectivity index (χ3n) is 2.49.